The summed E-state index contributed by atoms with van der Waals surface area (Å²) in [7, 11) is 0. The first-order valence-electron chi connectivity index (χ1n) is 4.81. The van der Waals surface area contributed by atoms with Gasteiger partial charge in [-0.25, -0.2) is 0 Å². The highest BCUT2D eigenvalue weighted by molar-refractivity contribution is 4.86. The maximum atomic E-state index is 2.59. The van der Waals surface area contributed by atoms with Gasteiger partial charge in [0.1, 0.15) is 0 Å². The van der Waals surface area contributed by atoms with E-state index in [0.29, 0.717) is 5.41 Å². The van der Waals surface area contributed by atoms with Crippen LogP contribution in [0.2, 0.25) is 0 Å². The molecular weight excluding hydrogens is 134 g/mol. The Morgan fingerprint density at radius 1 is 1.45 bits per heavy atom. The molecule has 1 saturated heterocycles. The zero-order valence-electron chi connectivity index (χ0n) is 8.35. The van der Waals surface area contributed by atoms with Gasteiger partial charge in [-0.2, -0.15) is 0 Å². The van der Waals surface area contributed by atoms with Gasteiger partial charge in [0.2, 0.25) is 0 Å². The monoisotopic (exact) mass is 155 g/mol. The number of nitrogens with zero attached hydrogens (tertiary/aromatic N) is 1. The van der Waals surface area contributed by atoms with E-state index >= 15 is 0 Å². The Morgan fingerprint density at radius 3 is 2.36 bits per heavy atom. The lowest BCUT2D eigenvalue weighted by molar-refractivity contribution is 0.230. The molecular formula is C10H21N. The van der Waals surface area contributed by atoms with Gasteiger partial charge in [-0.15, -0.1) is 0 Å². The van der Waals surface area contributed by atoms with E-state index in [1.807, 2.05) is 0 Å². The fourth-order valence-electron chi connectivity index (χ4n) is 1.79. The molecule has 1 fully saturated rings. The minimum Gasteiger partial charge on any atom is -0.300 e. The van der Waals surface area contributed by atoms with Crippen molar-refractivity contribution >= 4 is 0 Å². The van der Waals surface area contributed by atoms with Gasteiger partial charge in [0.15, 0.2) is 0 Å². The molecule has 0 radical (unpaired) electrons. The number of hydrogen-bond acceptors (Lipinski definition) is 1. The predicted octanol–water partition coefficient (Wildman–Crippen LogP) is 2.52. The maximum absolute atomic E-state index is 2.59. The van der Waals surface area contributed by atoms with Crippen LogP contribution in [0.3, 0.4) is 0 Å². The van der Waals surface area contributed by atoms with Gasteiger partial charge in [-0.3, -0.25) is 0 Å². The van der Waals surface area contributed by atoms with Crippen LogP contribution in [-0.2, 0) is 0 Å². The van der Waals surface area contributed by atoms with Gasteiger partial charge < -0.3 is 4.90 Å². The smallest absolute Gasteiger partial charge is 0.00388 e. The minimum atomic E-state index is 0.615. The van der Waals surface area contributed by atoms with E-state index in [9.17, 15) is 0 Å². The Hall–Kier alpha value is -0.0400. The fourth-order valence-corrected chi connectivity index (χ4v) is 1.79. The van der Waals surface area contributed by atoms with Crippen LogP contribution in [-0.4, -0.2) is 24.0 Å². The van der Waals surface area contributed by atoms with E-state index < -0.39 is 0 Å². The SMILES string of the molecule is CCC1(C)CCN(C(C)C)C1. The van der Waals surface area contributed by atoms with Gasteiger partial charge in [0.05, 0.1) is 0 Å². The van der Waals surface area contributed by atoms with Crippen LogP contribution in [0.5, 0.6) is 0 Å². The van der Waals surface area contributed by atoms with E-state index in [4.69, 9.17) is 0 Å². The molecule has 0 aliphatic carbocycles. The van der Waals surface area contributed by atoms with Gasteiger partial charge in [-0.1, -0.05) is 13.8 Å². The van der Waals surface area contributed by atoms with E-state index in [0.717, 1.165) is 6.04 Å². The lowest BCUT2D eigenvalue weighted by atomic mass is 9.87. The molecule has 66 valence electrons. The molecule has 1 unspecified atom stereocenters. The number of rotatable bonds is 2. The van der Waals surface area contributed by atoms with Crippen molar-refractivity contribution in [1.82, 2.24) is 4.90 Å². The van der Waals surface area contributed by atoms with Crippen molar-refractivity contribution in [3.05, 3.63) is 0 Å². The van der Waals surface area contributed by atoms with E-state index in [1.54, 1.807) is 0 Å². The van der Waals surface area contributed by atoms with E-state index in [1.165, 1.54) is 25.9 Å². The van der Waals surface area contributed by atoms with E-state index in [2.05, 4.69) is 32.6 Å². The molecule has 1 heterocycles. The van der Waals surface area contributed by atoms with Gasteiger partial charge in [0.25, 0.3) is 0 Å². The molecule has 0 amide bonds. The van der Waals surface area contributed by atoms with Crippen LogP contribution >= 0.6 is 0 Å². The van der Waals surface area contributed by atoms with Crippen LogP contribution in [0, 0.1) is 5.41 Å². The standard InChI is InChI=1S/C10H21N/c1-5-10(4)6-7-11(8-10)9(2)3/h9H,5-8H2,1-4H3. The highest BCUT2D eigenvalue weighted by atomic mass is 15.2. The second kappa shape index (κ2) is 3.14. The normalized spacial score (nSPS) is 33.5. The summed E-state index contributed by atoms with van der Waals surface area (Å²) in [4.78, 5) is 2.59. The first-order chi connectivity index (χ1) is 5.07. The molecule has 11 heavy (non-hydrogen) atoms. The average molecular weight is 155 g/mol. The van der Waals surface area contributed by atoms with Crippen molar-refractivity contribution in [1.29, 1.82) is 0 Å². The summed E-state index contributed by atoms with van der Waals surface area (Å²) in [6, 6.07) is 0.739. The molecule has 1 aliphatic heterocycles. The first kappa shape index (κ1) is 9.05. The number of likely N-dealkylation sites (tertiary alicyclic amines) is 1. The summed E-state index contributed by atoms with van der Waals surface area (Å²) in [6.45, 7) is 11.9. The third-order valence-corrected chi connectivity index (χ3v) is 3.17. The molecule has 0 saturated carbocycles. The largest absolute Gasteiger partial charge is 0.300 e. The molecule has 1 atom stereocenters. The zero-order chi connectivity index (χ0) is 8.48. The highest BCUT2D eigenvalue weighted by Crippen LogP contribution is 2.33. The van der Waals surface area contributed by atoms with Crippen LogP contribution in [0.1, 0.15) is 40.5 Å². The topological polar surface area (TPSA) is 3.24 Å². The van der Waals surface area contributed by atoms with E-state index in [-0.39, 0.29) is 0 Å². The summed E-state index contributed by atoms with van der Waals surface area (Å²) < 4.78 is 0. The van der Waals surface area contributed by atoms with Crippen molar-refractivity contribution in [3.63, 3.8) is 0 Å². The number of hydrogen-bond donors (Lipinski definition) is 0. The quantitative estimate of drug-likeness (QED) is 0.592. The fraction of sp³-hybridized carbons (Fsp3) is 1.00. The van der Waals surface area contributed by atoms with Crippen molar-refractivity contribution in [2.45, 2.75) is 46.6 Å². The summed E-state index contributed by atoms with van der Waals surface area (Å²) in [5.41, 5.74) is 0.615. The Balaban J connectivity index is 2.46. The van der Waals surface area contributed by atoms with Crippen LogP contribution < -0.4 is 0 Å². The molecule has 0 spiro atoms. The summed E-state index contributed by atoms with van der Waals surface area (Å²) in [5, 5.41) is 0. The summed E-state index contributed by atoms with van der Waals surface area (Å²) >= 11 is 0. The second-order valence-corrected chi connectivity index (χ2v) is 4.48. The summed E-state index contributed by atoms with van der Waals surface area (Å²) in [6.07, 6.45) is 2.72. The molecule has 0 bridgehead atoms. The maximum Gasteiger partial charge on any atom is 0.00388 e. The molecule has 0 aromatic rings. The molecule has 1 aliphatic rings. The Bertz CT molecular complexity index is 131. The van der Waals surface area contributed by atoms with Crippen molar-refractivity contribution in [2.24, 2.45) is 5.41 Å². The lowest BCUT2D eigenvalue weighted by Crippen LogP contribution is -2.30. The Morgan fingerprint density at radius 2 is 2.09 bits per heavy atom. The minimum absolute atomic E-state index is 0.615. The van der Waals surface area contributed by atoms with Gasteiger partial charge >= 0.3 is 0 Å². The molecule has 0 aromatic carbocycles. The Kier molecular flexibility index (Phi) is 2.58. The molecule has 1 nitrogen and oxygen atoms in total. The van der Waals surface area contributed by atoms with Crippen molar-refractivity contribution in [2.75, 3.05) is 13.1 Å². The second-order valence-electron chi connectivity index (χ2n) is 4.48. The van der Waals surface area contributed by atoms with Crippen LogP contribution in [0.4, 0.5) is 0 Å². The van der Waals surface area contributed by atoms with Gasteiger partial charge in [0, 0.05) is 12.6 Å². The molecule has 0 aromatic heterocycles. The first-order valence-corrected chi connectivity index (χ1v) is 4.81. The molecule has 1 heteroatoms. The van der Waals surface area contributed by atoms with Crippen LogP contribution in [0.25, 0.3) is 0 Å². The van der Waals surface area contributed by atoms with Gasteiger partial charge in [-0.05, 0) is 38.6 Å². The predicted molar refractivity (Wildman–Crippen MR) is 49.7 cm³/mol. The molecule has 1 rings (SSSR count). The lowest BCUT2D eigenvalue weighted by Gasteiger charge is -2.25. The summed E-state index contributed by atoms with van der Waals surface area (Å²) in [5.74, 6) is 0. The highest BCUT2D eigenvalue weighted by Gasteiger charge is 2.32. The average Bonchev–Trinajstić information content (AvgIpc) is 2.33. The van der Waals surface area contributed by atoms with Crippen molar-refractivity contribution < 1.29 is 0 Å². The van der Waals surface area contributed by atoms with Crippen molar-refractivity contribution in [3.8, 4) is 0 Å². The third kappa shape index (κ3) is 1.96. The molecule has 0 N–H and O–H groups in total. The third-order valence-electron chi connectivity index (χ3n) is 3.17. The zero-order valence-corrected chi connectivity index (χ0v) is 8.35. The van der Waals surface area contributed by atoms with Crippen LogP contribution in [0.15, 0.2) is 0 Å². The Labute approximate surface area is 70.8 Å².